The van der Waals surface area contributed by atoms with Gasteiger partial charge in [0.05, 0.1) is 12.3 Å². The summed E-state index contributed by atoms with van der Waals surface area (Å²) < 4.78 is 41.9. The smallest absolute Gasteiger partial charge is 0.392 e. The van der Waals surface area contributed by atoms with Gasteiger partial charge in [-0.2, -0.15) is 17.5 Å². The second-order valence-corrected chi connectivity index (χ2v) is 4.63. The summed E-state index contributed by atoms with van der Waals surface area (Å²) in [5.74, 6) is 0. The molecule has 0 aliphatic rings. The predicted molar refractivity (Wildman–Crippen MR) is 85.9 cm³/mol. The van der Waals surface area contributed by atoms with Crippen molar-refractivity contribution >= 4 is 11.5 Å². The third-order valence-corrected chi connectivity index (χ3v) is 3.46. The van der Waals surface area contributed by atoms with Gasteiger partial charge < -0.3 is 5.11 Å². The number of benzene rings is 1. The molecule has 1 N–H and O–H groups in total. The Morgan fingerprint density at radius 3 is 1.95 bits per heavy atom. The summed E-state index contributed by atoms with van der Waals surface area (Å²) >= 11 is 0.372. The van der Waals surface area contributed by atoms with Crippen LogP contribution in [0.2, 0.25) is 0 Å². The van der Waals surface area contributed by atoms with Gasteiger partial charge in [0.1, 0.15) is 4.88 Å². The van der Waals surface area contributed by atoms with Crippen LogP contribution in [0.1, 0.15) is 43.7 Å². The van der Waals surface area contributed by atoms with Gasteiger partial charge in [0.15, 0.2) is 0 Å². The number of nitrogens with zero attached hydrogens (tertiary/aromatic N) is 1. The van der Waals surface area contributed by atoms with Gasteiger partial charge in [-0.15, -0.1) is 0 Å². The molecule has 0 bridgehead atoms. The van der Waals surface area contributed by atoms with Gasteiger partial charge >= 0.3 is 6.18 Å². The minimum Gasteiger partial charge on any atom is -0.392 e. The molecule has 0 saturated carbocycles. The molecule has 0 aliphatic carbocycles. The van der Waals surface area contributed by atoms with Gasteiger partial charge in [0.2, 0.25) is 0 Å². The topological polar surface area (TPSA) is 33.1 Å². The normalized spacial score (nSPS) is 10.2. The van der Waals surface area contributed by atoms with E-state index in [1.165, 1.54) is 0 Å². The first-order valence-electron chi connectivity index (χ1n) is 7.17. The van der Waals surface area contributed by atoms with Crippen molar-refractivity contribution in [3.8, 4) is 11.3 Å². The van der Waals surface area contributed by atoms with Crippen molar-refractivity contribution in [2.75, 3.05) is 0 Å². The standard InChI is InChI=1S/C12H10F3NOS.2C2H6/c1-7-2-4-8(5-3-7)10-9(6-17)11(18-16-10)12(13,14)15;2*1-2/h2-5,17H,6H2,1H3;2*1-2H3. The zero-order chi connectivity index (χ0) is 17.3. The molecule has 0 atom stereocenters. The van der Waals surface area contributed by atoms with Crippen LogP contribution in [0.3, 0.4) is 0 Å². The van der Waals surface area contributed by atoms with Crippen molar-refractivity contribution in [2.45, 2.75) is 47.4 Å². The Labute approximate surface area is 133 Å². The number of aryl methyl sites for hydroxylation is 1. The zero-order valence-electron chi connectivity index (χ0n) is 13.5. The maximum atomic E-state index is 12.7. The lowest BCUT2D eigenvalue weighted by molar-refractivity contribution is -0.135. The molecular weight excluding hydrogens is 311 g/mol. The van der Waals surface area contributed by atoms with Gasteiger partial charge in [-0.05, 0) is 18.5 Å². The second-order valence-electron chi connectivity index (χ2n) is 3.86. The Kier molecular flexibility index (Phi) is 8.97. The van der Waals surface area contributed by atoms with E-state index in [0.29, 0.717) is 17.1 Å². The number of aromatic nitrogens is 1. The molecule has 1 aromatic carbocycles. The van der Waals surface area contributed by atoms with E-state index in [0.717, 1.165) is 5.56 Å². The molecular formula is C16H22F3NOS. The van der Waals surface area contributed by atoms with E-state index in [1.54, 1.807) is 24.3 Å². The van der Waals surface area contributed by atoms with Crippen molar-refractivity contribution in [3.63, 3.8) is 0 Å². The molecule has 0 aliphatic heterocycles. The second kappa shape index (κ2) is 9.58. The molecule has 0 amide bonds. The number of aliphatic hydroxyl groups is 1. The lowest BCUT2D eigenvalue weighted by Crippen LogP contribution is -2.05. The van der Waals surface area contributed by atoms with Crippen LogP contribution < -0.4 is 0 Å². The minimum absolute atomic E-state index is 0.156. The largest absolute Gasteiger partial charge is 0.427 e. The number of hydrogen-bond donors (Lipinski definition) is 1. The number of rotatable bonds is 2. The summed E-state index contributed by atoms with van der Waals surface area (Å²) in [5, 5.41) is 9.13. The van der Waals surface area contributed by atoms with Crippen LogP contribution in [-0.2, 0) is 12.8 Å². The van der Waals surface area contributed by atoms with Crippen LogP contribution >= 0.6 is 11.5 Å². The Hall–Kier alpha value is -1.40. The Bertz CT molecular complexity index is 548. The Morgan fingerprint density at radius 1 is 1.05 bits per heavy atom. The lowest BCUT2D eigenvalue weighted by atomic mass is 10.1. The lowest BCUT2D eigenvalue weighted by Gasteiger charge is -2.06. The molecule has 2 nitrogen and oxygen atoms in total. The summed E-state index contributed by atoms with van der Waals surface area (Å²) in [5.41, 5.74) is 1.64. The fourth-order valence-corrected chi connectivity index (χ4v) is 2.39. The molecule has 1 aromatic heterocycles. The van der Waals surface area contributed by atoms with Crippen LogP contribution in [0.4, 0.5) is 13.2 Å². The highest BCUT2D eigenvalue weighted by atomic mass is 32.1. The zero-order valence-corrected chi connectivity index (χ0v) is 14.3. The van der Waals surface area contributed by atoms with Gasteiger partial charge in [-0.25, -0.2) is 0 Å². The first-order valence-corrected chi connectivity index (χ1v) is 7.94. The highest BCUT2D eigenvalue weighted by molar-refractivity contribution is 7.06. The van der Waals surface area contributed by atoms with Crippen molar-refractivity contribution in [1.82, 2.24) is 4.37 Å². The molecule has 0 radical (unpaired) electrons. The molecule has 22 heavy (non-hydrogen) atoms. The molecule has 2 rings (SSSR count). The van der Waals surface area contributed by atoms with Crippen molar-refractivity contribution in [1.29, 1.82) is 0 Å². The first-order chi connectivity index (χ1) is 10.4. The van der Waals surface area contributed by atoms with Crippen LogP contribution in [0.5, 0.6) is 0 Å². The summed E-state index contributed by atoms with van der Waals surface area (Å²) in [4.78, 5) is -0.833. The molecule has 2 aromatic rings. The van der Waals surface area contributed by atoms with E-state index in [-0.39, 0.29) is 11.3 Å². The molecule has 0 saturated heterocycles. The summed E-state index contributed by atoms with van der Waals surface area (Å²) in [6.07, 6.45) is -4.47. The summed E-state index contributed by atoms with van der Waals surface area (Å²) in [6.45, 7) is 9.22. The molecule has 0 unspecified atom stereocenters. The highest BCUT2D eigenvalue weighted by Crippen LogP contribution is 2.39. The quantitative estimate of drug-likeness (QED) is 0.767. The van der Waals surface area contributed by atoms with Gasteiger partial charge in [-0.1, -0.05) is 57.5 Å². The average molecular weight is 333 g/mol. The van der Waals surface area contributed by atoms with Crippen molar-refractivity contribution < 1.29 is 18.3 Å². The summed E-state index contributed by atoms with van der Waals surface area (Å²) in [7, 11) is 0. The molecule has 0 spiro atoms. The van der Waals surface area contributed by atoms with Gasteiger partial charge in [0, 0.05) is 11.1 Å². The minimum atomic E-state index is -4.47. The first kappa shape index (κ1) is 20.6. The van der Waals surface area contributed by atoms with Crippen LogP contribution in [-0.4, -0.2) is 9.48 Å². The predicted octanol–water partition coefficient (Wildman–Crippen LogP) is 5.68. The van der Waals surface area contributed by atoms with Gasteiger partial charge in [-0.3, -0.25) is 0 Å². The molecule has 0 fully saturated rings. The van der Waals surface area contributed by atoms with Gasteiger partial charge in [0.25, 0.3) is 0 Å². The van der Waals surface area contributed by atoms with Crippen molar-refractivity contribution in [3.05, 3.63) is 40.3 Å². The van der Waals surface area contributed by atoms with E-state index >= 15 is 0 Å². The summed E-state index contributed by atoms with van der Waals surface area (Å²) in [6, 6.07) is 6.99. The van der Waals surface area contributed by atoms with E-state index in [2.05, 4.69) is 4.37 Å². The van der Waals surface area contributed by atoms with E-state index in [4.69, 9.17) is 5.11 Å². The Morgan fingerprint density at radius 2 is 1.55 bits per heavy atom. The SMILES string of the molecule is CC.CC.Cc1ccc(-c2nsc(C(F)(F)F)c2CO)cc1. The fraction of sp³-hybridized carbons (Fsp3) is 0.438. The number of aliphatic hydroxyl groups excluding tert-OH is 1. The fourth-order valence-electron chi connectivity index (χ4n) is 1.62. The molecule has 6 heteroatoms. The van der Waals surface area contributed by atoms with Crippen LogP contribution in [0.25, 0.3) is 11.3 Å². The van der Waals surface area contributed by atoms with Crippen LogP contribution in [0.15, 0.2) is 24.3 Å². The number of halogens is 3. The maximum Gasteiger partial charge on any atom is 0.427 e. The molecule has 1 heterocycles. The molecule has 124 valence electrons. The van der Waals surface area contributed by atoms with E-state index < -0.39 is 17.7 Å². The monoisotopic (exact) mass is 333 g/mol. The maximum absolute atomic E-state index is 12.7. The average Bonchev–Trinajstić information content (AvgIpc) is 2.96. The Balaban J connectivity index is 0.00000102. The third-order valence-electron chi connectivity index (χ3n) is 2.53. The number of hydrogen-bond acceptors (Lipinski definition) is 3. The van der Waals surface area contributed by atoms with E-state index in [1.807, 2.05) is 34.6 Å². The van der Waals surface area contributed by atoms with E-state index in [9.17, 15) is 13.2 Å². The highest BCUT2D eigenvalue weighted by Gasteiger charge is 2.37. The number of alkyl halides is 3. The third kappa shape index (κ3) is 5.10. The van der Waals surface area contributed by atoms with Crippen LogP contribution in [0, 0.1) is 6.92 Å². The van der Waals surface area contributed by atoms with Crippen molar-refractivity contribution in [2.24, 2.45) is 0 Å².